The van der Waals surface area contributed by atoms with Crippen molar-refractivity contribution in [2.75, 3.05) is 26.7 Å². The van der Waals surface area contributed by atoms with Crippen LogP contribution in [-0.4, -0.2) is 46.6 Å². The molecule has 2 aromatic rings. The second-order valence-corrected chi connectivity index (χ2v) is 7.32. The standard InChI is InChI=1S/C19H26N4O.ClH/c1-4-17-20-18(24-21-17)12-23-10-14-9-22(3)19(16(14)11-23)15-8-6-5-7-13(15)2;/h5-8,14,16,19H,4,9-12H2,1-3H3;1H/t14-,16+,19+;/m0./s1. The summed E-state index contributed by atoms with van der Waals surface area (Å²) in [5.41, 5.74) is 2.89. The highest BCUT2D eigenvalue weighted by Gasteiger charge is 2.46. The van der Waals surface area contributed by atoms with Gasteiger partial charge in [-0.05, 0) is 36.9 Å². The van der Waals surface area contributed by atoms with Crippen molar-refractivity contribution in [1.82, 2.24) is 19.9 Å². The lowest BCUT2D eigenvalue weighted by Crippen LogP contribution is -2.29. The van der Waals surface area contributed by atoms with Crippen molar-refractivity contribution in [3.8, 4) is 0 Å². The lowest BCUT2D eigenvalue weighted by molar-refractivity contribution is 0.207. The summed E-state index contributed by atoms with van der Waals surface area (Å²) in [6.07, 6.45) is 0.828. The molecule has 0 saturated carbocycles. The first-order valence-corrected chi connectivity index (χ1v) is 8.95. The number of halogens is 1. The molecule has 0 unspecified atom stereocenters. The van der Waals surface area contributed by atoms with Crippen molar-refractivity contribution in [1.29, 1.82) is 0 Å². The summed E-state index contributed by atoms with van der Waals surface area (Å²) in [6.45, 7) is 8.47. The van der Waals surface area contributed by atoms with E-state index >= 15 is 0 Å². The van der Waals surface area contributed by atoms with Crippen LogP contribution < -0.4 is 0 Å². The molecule has 2 aliphatic heterocycles. The van der Waals surface area contributed by atoms with Crippen molar-refractivity contribution < 1.29 is 4.52 Å². The molecule has 5 nitrogen and oxygen atoms in total. The summed E-state index contributed by atoms with van der Waals surface area (Å²) in [4.78, 5) is 9.49. The van der Waals surface area contributed by atoms with E-state index in [1.807, 2.05) is 0 Å². The molecule has 1 aromatic heterocycles. The highest BCUT2D eigenvalue weighted by Crippen LogP contribution is 2.44. The molecule has 0 amide bonds. The number of aromatic nitrogens is 2. The number of nitrogens with zero attached hydrogens (tertiary/aromatic N) is 4. The second kappa shape index (κ2) is 7.44. The molecule has 0 spiro atoms. The van der Waals surface area contributed by atoms with Gasteiger partial charge in [0.05, 0.1) is 6.54 Å². The number of aryl methyl sites for hydroxylation is 2. The van der Waals surface area contributed by atoms with Crippen LogP contribution in [0.1, 0.15) is 35.8 Å². The molecule has 136 valence electrons. The van der Waals surface area contributed by atoms with Crippen molar-refractivity contribution in [2.24, 2.45) is 11.8 Å². The topological polar surface area (TPSA) is 45.4 Å². The maximum absolute atomic E-state index is 5.38. The zero-order chi connectivity index (χ0) is 16.7. The van der Waals surface area contributed by atoms with E-state index in [0.717, 1.165) is 43.7 Å². The predicted octanol–water partition coefficient (Wildman–Crippen LogP) is 3.10. The van der Waals surface area contributed by atoms with E-state index in [2.05, 4.69) is 65.1 Å². The fourth-order valence-electron chi connectivity index (χ4n) is 4.55. The van der Waals surface area contributed by atoms with Gasteiger partial charge in [-0.2, -0.15) is 4.98 Å². The van der Waals surface area contributed by atoms with Gasteiger partial charge in [0.1, 0.15) is 0 Å². The molecule has 3 heterocycles. The van der Waals surface area contributed by atoms with Crippen LogP contribution in [0.4, 0.5) is 0 Å². The molecular weight excluding hydrogens is 336 g/mol. The monoisotopic (exact) mass is 362 g/mol. The second-order valence-electron chi connectivity index (χ2n) is 7.32. The highest BCUT2D eigenvalue weighted by molar-refractivity contribution is 5.85. The van der Waals surface area contributed by atoms with Crippen LogP contribution in [0.5, 0.6) is 0 Å². The van der Waals surface area contributed by atoms with Gasteiger partial charge in [0.2, 0.25) is 5.89 Å². The Morgan fingerprint density at radius 3 is 2.72 bits per heavy atom. The first kappa shape index (κ1) is 18.4. The Morgan fingerprint density at radius 1 is 1.20 bits per heavy atom. The van der Waals surface area contributed by atoms with Crippen LogP contribution in [0.3, 0.4) is 0 Å². The summed E-state index contributed by atoms with van der Waals surface area (Å²) in [6, 6.07) is 9.35. The number of rotatable bonds is 4. The average molecular weight is 363 g/mol. The molecule has 2 saturated heterocycles. The zero-order valence-corrected chi connectivity index (χ0v) is 16.0. The molecule has 0 N–H and O–H groups in total. The summed E-state index contributed by atoms with van der Waals surface area (Å²) >= 11 is 0. The molecule has 2 aliphatic rings. The molecule has 4 rings (SSSR count). The van der Waals surface area contributed by atoms with Crippen molar-refractivity contribution in [2.45, 2.75) is 32.9 Å². The number of fused-ring (bicyclic) bond motifs is 1. The molecular formula is C19H27ClN4O. The Balaban J connectivity index is 0.00000182. The van der Waals surface area contributed by atoms with E-state index in [1.54, 1.807) is 0 Å². The van der Waals surface area contributed by atoms with Crippen LogP contribution in [0, 0.1) is 18.8 Å². The Labute approximate surface area is 155 Å². The lowest BCUT2D eigenvalue weighted by atomic mass is 9.88. The summed E-state index contributed by atoms with van der Waals surface area (Å²) in [5.74, 6) is 2.98. The Kier molecular flexibility index (Phi) is 5.46. The van der Waals surface area contributed by atoms with Gasteiger partial charge < -0.3 is 4.52 Å². The maximum Gasteiger partial charge on any atom is 0.240 e. The van der Waals surface area contributed by atoms with Gasteiger partial charge in [-0.25, -0.2) is 0 Å². The molecule has 1 aromatic carbocycles. The largest absolute Gasteiger partial charge is 0.338 e. The van der Waals surface area contributed by atoms with Crippen molar-refractivity contribution >= 4 is 12.4 Å². The van der Waals surface area contributed by atoms with Gasteiger partial charge in [0, 0.05) is 32.1 Å². The minimum atomic E-state index is 0. The summed E-state index contributed by atoms with van der Waals surface area (Å²) in [7, 11) is 2.27. The lowest BCUT2D eigenvalue weighted by Gasteiger charge is -2.27. The average Bonchev–Trinajstić information content (AvgIpc) is 3.23. The SMILES string of the molecule is CCc1noc(CN2C[C@@H]3CN(C)[C@H](c4ccccc4C)[C@@H]3C2)n1.Cl. The fourth-order valence-corrected chi connectivity index (χ4v) is 4.55. The Hall–Kier alpha value is -1.43. The molecule has 3 atom stereocenters. The third-order valence-electron chi connectivity index (χ3n) is 5.66. The first-order chi connectivity index (χ1) is 11.7. The van der Waals surface area contributed by atoms with E-state index in [4.69, 9.17) is 4.52 Å². The maximum atomic E-state index is 5.38. The number of benzene rings is 1. The van der Waals surface area contributed by atoms with E-state index in [1.165, 1.54) is 17.7 Å². The van der Waals surface area contributed by atoms with Crippen molar-refractivity contribution in [3.63, 3.8) is 0 Å². The third kappa shape index (κ3) is 3.46. The molecule has 25 heavy (non-hydrogen) atoms. The number of likely N-dealkylation sites (tertiary alicyclic amines) is 2. The minimum Gasteiger partial charge on any atom is -0.338 e. The van der Waals surface area contributed by atoms with Crippen LogP contribution in [0.15, 0.2) is 28.8 Å². The summed E-state index contributed by atoms with van der Waals surface area (Å²) in [5, 5.41) is 4.01. The smallest absolute Gasteiger partial charge is 0.240 e. The van der Waals surface area contributed by atoms with E-state index < -0.39 is 0 Å². The van der Waals surface area contributed by atoms with Crippen molar-refractivity contribution in [3.05, 3.63) is 47.1 Å². The van der Waals surface area contributed by atoms with Gasteiger partial charge in [-0.1, -0.05) is 36.3 Å². The van der Waals surface area contributed by atoms with Crippen LogP contribution in [0.2, 0.25) is 0 Å². The Morgan fingerprint density at radius 2 is 2.00 bits per heavy atom. The van der Waals surface area contributed by atoms with Gasteiger partial charge in [-0.3, -0.25) is 9.80 Å². The van der Waals surface area contributed by atoms with Crippen LogP contribution in [-0.2, 0) is 13.0 Å². The molecule has 6 heteroatoms. The van der Waals surface area contributed by atoms with Gasteiger partial charge in [0.25, 0.3) is 0 Å². The number of hydrogen-bond acceptors (Lipinski definition) is 5. The zero-order valence-electron chi connectivity index (χ0n) is 15.2. The van der Waals surface area contributed by atoms with Crippen LogP contribution in [0.25, 0.3) is 0 Å². The molecule has 0 aliphatic carbocycles. The van der Waals surface area contributed by atoms with Gasteiger partial charge >= 0.3 is 0 Å². The third-order valence-corrected chi connectivity index (χ3v) is 5.66. The number of hydrogen-bond donors (Lipinski definition) is 0. The normalized spacial score (nSPS) is 26.6. The molecule has 0 bridgehead atoms. The van der Waals surface area contributed by atoms with Crippen LogP contribution >= 0.6 is 12.4 Å². The molecule has 2 fully saturated rings. The predicted molar refractivity (Wildman–Crippen MR) is 99.7 cm³/mol. The fraction of sp³-hybridized carbons (Fsp3) is 0.579. The van der Waals surface area contributed by atoms with Gasteiger partial charge in [-0.15, -0.1) is 12.4 Å². The van der Waals surface area contributed by atoms with E-state index in [9.17, 15) is 0 Å². The Bertz CT molecular complexity index is 719. The highest BCUT2D eigenvalue weighted by atomic mass is 35.5. The van der Waals surface area contributed by atoms with E-state index in [-0.39, 0.29) is 12.4 Å². The summed E-state index contributed by atoms with van der Waals surface area (Å²) < 4.78 is 5.38. The van der Waals surface area contributed by atoms with E-state index in [0.29, 0.717) is 12.0 Å². The minimum absolute atomic E-state index is 0. The quantitative estimate of drug-likeness (QED) is 0.836. The molecule has 0 radical (unpaired) electrons. The van der Waals surface area contributed by atoms with Gasteiger partial charge in [0.15, 0.2) is 5.82 Å². The first-order valence-electron chi connectivity index (χ1n) is 8.95.